The summed E-state index contributed by atoms with van der Waals surface area (Å²) in [6.45, 7) is -0.117. The quantitative estimate of drug-likeness (QED) is 0.821. The highest BCUT2D eigenvalue weighted by molar-refractivity contribution is 5.68. The van der Waals surface area contributed by atoms with Crippen LogP contribution in [0.25, 0.3) is 0 Å². The number of ether oxygens (including phenoxy) is 1. The molecule has 1 fully saturated rings. The van der Waals surface area contributed by atoms with Crippen LogP contribution in [-0.2, 0) is 4.74 Å². The molecule has 0 saturated carbocycles. The van der Waals surface area contributed by atoms with E-state index in [0.717, 1.165) is 0 Å². The molecular formula is C11H13F3N4O2. The van der Waals surface area contributed by atoms with Gasteiger partial charge in [0.15, 0.2) is 6.61 Å². The van der Waals surface area contributed by atoms with Gasteiger partial charge in [0.05, 0.1) is 0 Å². The van der Waals surface area contributed by atoms with Gasteiger partial charge in [-0.25, -0.2) is 14.8 Å². The van der Waals surface area contributed by atoms with Crippen molar-refractivity contribution in [3.63, 3.8) is 0 Å². The van der Waals surface area contributed by atoms with Gasteiger partial charge in [0, 0.05) is 38.6 Å². The van der Waals surface area contributed by atoms with E-state index < -0.39 is 18.9 Å². The number of carbonyl (C=O) groups is 1. The summed E-state index contributed by atoms with van der Waals surface area (Å²) in [5.74, 6) is 0.538. The number of aromatic nitrogens is 2. The molecule has 20 heavy (non-hydrogen) atoms. The van der Waals surface area contributed by atoms with Gasteiger partial charge in [-0.1, -0.05) is 0 Å². The SMILES string of the molecule is O=C(OCC(F)(F)F)N1CCN(c2ncccn2)CC1. The van der Waals surface area contributed by atoms with E-state index in [-0.39, 0.29) is 13.1 Å². The normalized spacial score (nSPS) is 16.1. The van der Waals surface area contributed by atoms with Crippen molar-refractivity contribution >= 4 is 12.0 Å². The maximum atomic E-state index is 11.9. The van der Waals surface area contributed by atoms with E-state index in [1.807, 2.05) is 4.90 Å². The van der Waals surface area contributed by atoms with Crippen molar-refractivity contribution in [3.8, 4) is 0 Å². The number of halogens is 3. The zero-order valence-electron chi connectivity index (χ0n) is 10.5. The van der Waals surface area contributed by atoms with Gasteiger partial charge < -0.3 is 14.5 Å². The molecule has 1 aromatic heterocycles. The summed E-state index contributed by atoms with van der Waals surface area (Å²) >= 11 is 0. The van der Waals surface area contributed by atoms with Gasteiger partial charge in [-0.3, -0.25) is 0 Å². The van der Waals surface area contributed by atoms with Crippen LogP contribution < -0.4 is 4.90 Å². The number of hydrogen-bond donors (Lipinski definition) is 0. The summed E-state index contributed by atoms with van der Waals surface area (Å²) in [5.41, 5.74) is 0. The molecule has 6 nitrogen and oxygen atoms in total. The maximum Gasteiger partial charge on any atom is 0.422 e. The third-order valence-corrected chi connectivity index (χ3v) is 2.73. The molecule has 0 radical (unpaired) electrons. The largest absolute Gasteiger partial charge is 0.440 e. The molecule has 110 valence electrons. The van der Waals surface area contributed by atoms with E-state index >= 15 is 0 Å². The van der Waals surface area contributed by atoms with E-state index in [9.17, 15) is 18.0 Å². The summed E-state index contributed by atoms with van der Waals surface area (Å²) in [5, 5.41) is 0. The van der Waals surface area contributed by atoms with Crippen molar-refractivity contribution in [2.45, 2.75) is 6.18 Å². The number of carbonyl (C=O) groups excluding carboxylic acids is 1. The monoisotopic (exact) mass is 290 g/mol. The summed E-state index contributed by atoms with van der Waals surface area (Å²) < 4.78 is 40.0. The third kappa shape index (κ3) is 3.97. The minimum Gasteiger partial charge on any atom is -0.440 e. The molecule has 0 spiro atoms. The van der Waals surface area contributed by atoms with Crippen LogP contribution in [0.3, 0.4) is 0 Å². The lowest BCUT2D eigenvalue weighted by molar-refractivity contribution is -0.162. The Kier molecular flexibility index (Phi) is 4.26. The van der Waals surface area contributed by atoms with E-state index in [2.05, 4.69) is 14.7 Å². The Bertz CT molecular complexity index is 447. The topological polar surface area (TPSA) is 58.6 Å². The number of amides is 1. The van der Waals surface area contributed by atoms with Gasteiger partial charge in [0.1, 0.15) is 0 Å². The second-order valence-corrected chi connectivity index (χ2v) is 4.19. The smallest absolute Gasteiger partial charge is 0.422 e. The lowest BCUT2D eigenvalue weighted by atomic mass is 10.3. The lowest BCUT2D eigenvalue weighted by Crippen LogP contribution is -2.49. The van der Waals surface area contributed by atoms with E-state index in [0.29, 0.717) is 19.0 Å². The van der Waals surface area contributed by atoms with Crippen molar-refractivity contribution < 1.29 is 22.7 Å². The first kappa shape index (κ1) is 14.4. The van der Waals surface area contributed by atoms with Crippen LogP contribution in [0.4, 0.5) is 23.9 Å². The first-order chi connectivity index (χ1) is 9.46. The number of nitrogens with zero attached hydrogens (tertiary/aromatic N) is 4. The fourth-order valence-corrected chi connectivity index (χ4v) is 1.78. The van der Waals surface area contributed by atoms with Crippen molar-refractivity contribution in [2.75, 3.05) is 37.7 Å². The fraction of sp³-hybridized carbons (Fsp3) is 0.545. The first-order valence-electron chi connectivity index (χ1n) is 5.96. The fourth-order valence-electron chi connectivity index (χ4n) is 1.78. The third-order valence-electron chi connectivity index (χ3n) is 2.73. The zero-order chi connectivity index (χ0) is 14.6. The van der Waals surface area contributed by atoms with Crippen LogP contribution in [0.2, 0.25) is 0 Å². The van der Waals surface area contributed by atoms with Gasteiger partial charge >= 0.3 is 12.3 Å². The van der Waals surface area contributed by atoms with E-state index in [4.69, 9.17) is 0 Å². The molecule has 1 aliphatic rings. The van der Waals surface area contributed by atoms with Gasteiger partial charge in [0.25, 0.3) is 0 Å². The minimum atomic E-state index is -4.50. The predicted octanol–water partition coefficient (Wildman–Crippen LogP) is 1.30. The highest BCUT2D eigenvalue weighted by Crippen LogP contribution is 2.16. The van der Waals surface area contributed by atoms with Crippen LogP contribution in [0, 0.1) is 0 Å². The van der Waals surface area contributed by atoms with Gasteiger partial charge in [-0.15, -0.1) is 0 Å². The molecule has 1 saturated heterocycles. The van der Waals surface area contributed by atoms with Crippen LogP contribution in [-0.4, -0.2) is 59.9 Å². The summed E-state index contributed by atoms with van der Waals surface area (Å²) in [6.07, 6.45) is -2.25. The lowest BCUT2D eigenvalue weighted by Gasteiger charge is -2.33. The molecule has 0 N–H and O–H groups in total. The number of hydrogen-bond acceptors (Lipinski definition) is 5. The number of alkyl halides is 3. The second kappa shape index (κ2) is 5.93. The highest BCUT2D eigenvalue weighted by atomic mass is 19.4. The zero-order valence-corrected chi connectivity index (χ0v) is 10.5. The molecule has 1 aliphatic heterocycles. The Labute approximate surface area is 113 Å². The molecule has 0 unspecified atom stereocenters. The highest BCUT2D eigenvalue weighted by Gasteiger charge is 2.31. The minimum absolute atomic E-state index is 0.273. The average molecular weight is 290 g/mol. The number of piperazine rings is 1. The van der Waals surface area contributed by atoms with E-state index in [1.54, 1.807) is 18.5 Å². The standard InChI is InChI=1S/C11H13F3N4O2/c12-11(13,14)8-20-10(19)18-6-4-17(5-7-18)9-15-2-1-3-16-9/h1-3H,4-8H2. The molecule has 0 atom stereocenters. The molecule has 2 heterocycles. The van der Waals surface area contributed by atoms with Crippen LogP contribution in [0.15, 0.2) is 18.5 Å². The Hall–Kier alpha value is -2.06. The molecular weight excluding hydrogens is 277 g/mol. The Morgan fingerprint density at radius 1 is 1.20 bits per heavy atom. The maximum absolute atomic E-state index is 11.9. The van der Waals surface area contributed by atoms with Crippen LogP contribution in [0.1, 0.15) is 0 Å². The Balaban J connectivity index is 1.81. The van der Waals surface area contributed by atoms with Gasteiger partial charge in [-0.2, -0.15) is 13.2 Å². The average Bonchev–Trinajstić information content (AvgIpc) is 2.45. The van der Waals surface area contributed by atoms with Crippen LogP contribution in [0.5, 0.6) is 0 Å². The summed E-state index contributed by atoms with van der Waals surface area (Å²) in [4.78, 5) is 22.7. The Morgan fingerprint density at radius 3 is 2.35 bits per heavy atom. The molecule has 0 aromatic carbocycles. The van der Waals surface area contributed by atoms with Crippen molar-refractivity contribution in [3.05, 3.63) is 18.5 Å². The van der Waals surface area contributed by atoms with Crippen LogP contribution >= 0.6 is 0 Å². The summed E-state index contributed by atoms with van der Waals surface area (Å²) in [6, 6.07) is 1.69. The molecule has 1 aromatic rings. The van der Waals surface area contributed by atoms with E-state index in [1.165, 1.54) is 4.90 Å². The second-order valence-electron chi connectivity index (χ2n) is 4.19. The summed E-state index contributed by atoms with van der Waals surface area (Å²) in [7, 11) is 0. The van der Waals surface area contributed by atoms with Crippen molar-refractivity contribution in [2.24, 2.45) is 0 Å². The predicted molar refractivity (Wildman–Crippen MR) is 63.2 cm³/mol. The molecule has 0 bridgehead atoms. The van der Waals surface area contributed by atoms with Crippen molar-refractivity contribution in [1.29, 1.82) is 0 Å². The van der Waals surface area contributed by atoms with Gasteiger partial charge in [0.2, 0.25) is 5.95 Å². The molecule has 9 heteroatoms. The Morgan fingerprint density at radius 2 is 1.80 bits per heavy atom. The number of anilines is 1. The molecule has 2 rings (SSSR count). The molecule has 1 amide bonds. The first-order valence-corrected chi connectivity index (χ1v) is 5.96. The molecule has 0 aliphatic carbocycles. The van der Waals surface area contributed by atoms with Gasteiger partial charge in [-0.05, 0) is 6.07 Å². The van der Waals surface area contributed by atoms with Crippen molar-refractivity contribution in [1.82, 2.24) is 14.9 Å². The number of rotatable bonds is 2.